The number of carbonyl (C=O) groups is 1. The second-order valence-corrected chi connectivity index (χ2v) is 8.37. The summed E-state index contributed by atoms with van der Waals surface area (Å²) < 4.78 is 5.72. The molecular formula is C14H26O2S2. The lowest BCUT2D eigenvalue weighted by Gasteiger charge is -2.34. The molecule has 2 atom stereocenters. The number of thioether (sulfide) groups is 2. The normalized spacial score (nSPS) is 24.1. The minimum atomic E-state index is -0.350. The minimum Gasteiger partial charge on any atom is -0.450 e. The van der Waals surface area contributed by atoms with Crippen molar-refractivity contribution in [1.82, 2.24) is 0 Å². The summed E-state index contributed by atoms with van der Waals surface area (Å²) in [4.78, 5) is 12.5. The van der Waals surface area contributed by atoms with E-state index in [4.69, 9.17) is 4.74 Å². The molecule has 1 aliphatic rings. The van der Waals surface area contributed by atoms with Gasteiger partial charge in [-0.05, 0) is 25.2 Å². The first-order chi connectivity index (χ1) is 8.36. The van der Waals surface area contributed by atoms with E-state index in [1.807, 2.05) is 11.8 Å². The zero-order valence-electron chi connectivity index (χ0n) is 12.2. The summed E-state index contributed by atoms with van der Waals surface area (Å²) in [6, 6.07) is 0. The first-order valence-electron chi connectivity index (χ1n) is 6.76. The lowest BCUT2D eigenvalue weighted by Crippen LogP contribution is -2.38. The average molecular weight is 290 g/mol. The monoisotopic (exact) mass is 290 g/mol. The number of esters is 1. The lowest BCUT2D eigenvalue weighted by atomic mass is 9.73. The number of hydrogen-bond donors (Lipinski definition) is 0. The molecule has 1 aliphatic heterocycles. The maximum Gasteiger partial charge on any atom is 0.313 e. The highest BCUT2D eigenvalue weighted by Gasteiger charge is 2.40. The molecule has 2 nitrogen and oxygen atoms in total. The molecule has 1 heterocycles. The molecule has 1 fully saturated rings. The highest BCUT2D eigenvalue weighted by molar-refractivity contribution is 8.06. The van der Waals surface area contributed by atoms with Crippen LogP contribution in [0.2, 0.25) is 0 Å². The van der Waals surface area contributed by atoms with Gasteiger partial charge in [0.15, 0.2) is 5.44 Å². The van der Waals surface area contributed by atoms with E-state index in [-0.39, 0.29) is 16.8 Å². The van der Waals surface area contributed by atoms with Gasteiger partial charge in [-0.15, -0.1) is 11.8 Å². The van der Waals surface area contributed by atoms with E-state index in [0.29, 0.717) is 11.8 Å². The van der Waals surface area contributed by atoms with E-state index < -0.39 is 0 Å². The van der Waals surface area contributed by atoms with Crippen molar-refractivity contribution in [2.45, 2.75) is 46.5 Å². The van der Waals surface area contributed by atoms with Crippen LogP contribution in [0.5, 0.6) is 0 Å². The van der Waals surface area contributed by atoms with Crippen LogP contribution in [0, 0.1) is 17.3 Å². The Morgan fingerprint density at radius 1 is 1.33 bits per heavy atom. The molecule has 1 rings (SSSR count). The summed E-state index contributed by atoms with van der Waals surface area (Å²) in [6.07, 6.45) is 0.897. The number of carbonyl (C=O) groups excluding carboxylic acids is 1. The Balaban J connectivity index is 2.64. The Hall–Kier alpha value is 0.170. The van der Waals surface area contributed by atoms with Gasteiger partial charge in [-0.3, -0.25) is 4.79 Å². The van der Waals surface area contributed by atoms with Gasteiger partial charge in [-0.1, -0.05) is 27.7 Å². The Bertz CT molecular complexity index is 273. The highest BCUT2D eigenvalue weighted by Crippen LogP contribution is 2.37. The zero-order valence-corrected chi connectivity index (χ0v) is 13.8. The second kappa shape index (κ2) is 7.09. The van der Waals surface area contributed by atoms with Gasteiger partial charge in [0.25, 0.3) is 0 Å². The van der Waals surface area contributed by atoms with Crippen molar-refractivity contribution in [3.63, 3.8) is 0 Å². The minimum absolute atomic E-state index is 0.00815. The number of rotatable bonds is 5. The van der Waals surface area contributed by atoms with Crippen molar-refractivity contribution in [3.05, 3.63) is 0 Å². The van der Waals surface area contributed by atoms with Crippen molar-refractivity contribution in [2.75, 3.05) is 17.3 Å². The summed E-state index contributed by atoms with van der Waals surface area (Å²) in [5, 5.41) is 0. The van der Waals surface area contributed by atoms with Crippen molar-refractivity contribution in [3.8, 4) is 0 Å². The molecule has 4 heteroatoms. The van der Waals surface area contributed by atoms with Gasteiger partial charge in [0.05, 0.1) is 5.41 Å². The van der Waals surface area contributed by atoms with E-state index in [9.17, 15) is 4.79 Å². The Morgan fingerprint density at radius 3 is 2.44 bits per heavy atom. The van der Waals surface area contributed by atoms with E-state index in [0.717, 1.165) is 17.9 Å². The highest BCUT2D eigenvalue weighted by atomic mass is 32.2. The molecule has 0 aromatic carbocycles. The SMILES string of the molecule is CC(C)CC(C)(C(=O)OC1CSCCS1)C(C)C. The summed E-state index contributed by atoms with van der Waals surface area (Å²) in [6.45, 7) is 10.6. The van der Waals surface area contributed by atoms with Crippen LogP contribution in [0.25, 0.3) is 0 Å². The third-order valence-corrected chi connectivity index (χ3v) is 6.17. The first-order valence-corrected chi connectivity index (χ1v) is 8.97. The van der Waals surface area contributed by atoms with Crippen LogP contribution >= 0.6 is 23.5 Å². The van der Waals surface area contributed by atoms with Crippen LogP contribution < -0.4 is 0 Å². The molecule has 0 radical (unpaired) electrons. The maximum atomic E-state index is 12.5. The molecule has 0 aromatic rings. The van der Waals surface area contributed by atoms with Crippen molar-refractivity contribution in [2.24, 2.45) is 17.3 Å². The molecule has 0 aromatic heterocycles. The number of ether oxygens (including phenoxy) is 1. The molecule has 0 N–H and O–H groups in total. The molecule has 0 amide bonds. The summed E-state index contributed by atoms with van der Waals surface area (Å²) in [5.74, 6) is 4.02. The second-order valence-electron chi connectivity index (χ2n) is 5.95. The van der Waals surface area contributed by atoms with Gasteiger partial charge >= 0.3 is 5.97 Å². The molecule has 0 spiro atoms. The van der Waals surface area contributed by atoms with Crippen LogP contribution in [-0.4, -0.2) is 28.7 Å². The predicted molar refractivity (Wildman–Crippen MR) is 82.1 cm³/mol. The van der Waals surface area contributed by atoms with Crippen LogP contribution in [0.4, 0.5) is 0 Å². The third kappa shape index (κ3) is 4.37. The van der Waals surface area contributed by atoms with Gasteiger partial charge < -0.3 is 4.74 Å². The molecule has 1 saturated heterocycles. The van der Waals surface area contributed by atoms with Gasteiger partial charge in [-0.25, -0.2) is 0 Å². The fourth-order valence-corrected chi connectivity index (χ4v) is 4.57. The predicted octanol–water partition coefficient (Wildman–Crippen LogP) is 4.04. The number of hydrogen-bond acceptors (Lipinski definition) is 4. The van der Waals surface area contributed by atoms with Gasteiger partial charge in [0, 0.05) is 17.3 Å². The van der Waals surface area contributed by atoms with Crippen LogP contribution in [0.3, 0.4) is 0 Å². The van der Waals surface area contributed by atoms with Gasteiger partial charge in [0.2, 0.25) is 0 Å². The smallest absolute Gasteiger partial charge is 0.313 e. The van der Waals surface area contributed by atoms with Gasteiger partial charge in [-0.2, -0.15) is 11.8 Å². The average Bonchev–Trinajstić information content (AvgIpc) is 2.29. The molecule has 18 heavy (non-hydrogen) atoms. The Labute approximate surface area is 120 Å². The van der Waals surface area contributed by atoms with E-state index in [1.165, 1.54) is 5.75 Å². The lowest BCUT2D eigenvalue weighted by molar-refractivity contribution is -0.159. The molecule has 106 valence electrons. The largest absolute Gasteiger partial charge is 0.450 e. The van der Waals surface area contributed by atoms with Crippen molar-refractivity contribution >= 4 is 29.5 Å². The Morgan fingerprint density at radius 2 is 2.00 bits per heavy atom. The quantitative estimate of drug-likeness (QED) is 0.714. The maximum absolute atomic E-state index is 12.5. The van der Waals surface area contributed by atoms with Crippen molar-refractivity contribution in [1.29, 1.82) is 0 Å². The van der Waals surface area contributed by atoms with Crippen LogP contribution in [-0.2, 0) is 9.53 Å². The topological polar surface area (TPSA) is 26.3 Å². The fourth-order valence-electron chi connectivity index (χ4n) is 2.19. The first kappa shape index (κ1) is 16.2. The molecule has 2 unspecified atom stereocenters. The Kier molecular flexibility index (Phi) is 6.39. The summed E-state index contributed by atoms with van der Waals surface area (Å²) in [5.41, 5.74) is -0.293. The van der Waals surface area contributed by atoms with Crippen LogP contribution in [0.1, 0.15) is 41.0 Å². The molecule has 0 aliphatic carbocycles. The van der Waals surface area contributed by atoms with E-state index in [2.05, 4.69) is 34.6 Å². The summed E-state index contributed by atoms with van der Waals surface area (Å²) >= 11 is 3.65. The van der Waals surface area contributed by atoms with Gasteiger partial charge in [0.1, 0.15) is 0 Å². The fraction of sp³-hybridized carbons (Fsp3) is 0.929. The third-order valence-electron chi connectivity index (χ3n) is 3.60. The molecular weight excluding hydrogens is 264 g/mol. The van der Waals surface area contributed by atoms with Crippen LogP contribution in [0.15, 0.2) is 0 Å². The van der Waals surface area contributed by atoms with Crippen molar-refractivity contribution < 1.29 is 9.53 Å². The van der Waals surface area contributed by atoms with E-state index in [1.54, 1.807) is 11.8 Å². The van der Waals surface area contributed by atoms with E-state index >= 15 is 0 Å². The zero-order chi connectivity index (χ0) is 13.8. The molecule has 0 bridgehead atoms. The molecule has 0 saturated carbocycles. The summed E-state index contributed by atoms with van der Waals surface area (Å²) in [7, 11) is 0. The standard InChI is InChI=1S/C14H26O2S2/c1-10(2)8-14(5,11(3)4)13(15)16-12-9-17-6-7-18-12/h10-12H,6-9H2,1-5H3.